The molecule has 0 amide bonds. The van der Waals surface area contributed by atoms with Gasteiger partial charge < -0.3 is 23.7 Å². The summed E-state index contributed by atoms with van der Waals surface area (Å²) in [6.07, 6.45) is 0.920. The van der Waals surface area contributed by atoms with E-state index < -0.39 is 24.1 Å². The molecular weight excluding hydrogens is 655 g/mol. The fourth-order valence-corrected chi connectivity index (χ4v) is 8.94. The Kier molecular flexibility index (Phi) is 13.4. The van der Waals surface area contributed by atoms with Crippen molar-refractivity contribution < 1.29 is 33.3 Å². The zero-order valence-electron chi connectivity index (χ0n) is 30.2. The third-order valence-electron chi connectivity index (χ3n) is 10.3. The van der Waals surface area contributed by atoms with E-state index in [0.29, 0.717) is 26.0 Å². The number of ether oxygens (including phenoxy) is 5. The van der Waals surface area contributed by atoms with E-state index in [-0.39, 0.29) is 65.5 Å². The predicted molar refractivity (Wildman–Crippen MR) is 193 cm³/mol. The molecule has 0 saturated carbocycles. The second-order valence-corrected chi connectivity index (χ2v) is 16.1. The van der Waals surface area contributed by atoms with Crippen molar-refractivity contribution in [3.05, 3.63) is 70.6 Å². The van der Waals surface area contributed by atoms with Crippen LogP contribution in [0, 0.1) is 29.6 Å². The summed E-state index contributed by atoms with van der Waals surface area (Å²) in [6.45, 7) is 11.0. The van der Waals surface area contributed by atoms with E-state index >= 15 is 0 Å². The molecule has 0 spiro atoms. The zero-order chi connectivity index (χ0) is 35.8. The molecule has 50 heavy (non-hydrogen) atoms. The Balaban J connectivity index is 1.34. The molecule has 2 bridgehead atoms. The van der Waals surface area contributed by atoms with Gasteiger partial charge in [0.1, 0.15) is 29.2 Å². The molecule has 3 saturated heterocycles. The number of ketones is 2. The molecule has 10 nitrogen and oxygen atoms in total. The maximum Gasteiger partial charge on any atom is 0.176 e. The smallest absolute Gasteiger partial charge is 0.176 e. The third-order valence-corrected chi connectivity index (χ3v) is 11.6. The van der Waals surface area contributed by atoms with Crippen LogP contribution in [0.25, 0.3) is 10.4 Å². The van der Waals surface area contributed by atoms with Gasteiger partial charge in [-0.15, -0.1) is 0 Å². The largest absolute Gasteiger partial charge is 0.497 e. The van der Waals surface area contributed by atoms with Gasteiger partial charge in [-0.3, -0.25) is 9.59 Å². The van der Waals surface area contributed by atoms with Crippen LogP contribution in [0.4, 0.5) is 0 Å². The Hall–Kier alpha value is -2.92. The molecule has 3 aliphatic heterocycles. The minimum absolute atomic E-state index is 0.0289. The average Bonchev–Trinajstić information content (AvgIpc) is 3.08. The standard InChI is InChI=1S/C39H53N3O7S/c1-24-17-34-37(46-23-29-12-14-30(45-6)15-13-29)35(19-32(43)26(3)16-25(2)22-41-42-40)49-39(20-24,48-34)21-33(44)36-27(4)18-28(5)38(47-36)50-31-10-8-7-9-11-31/h7-15,24-28,34-38H,16-23H2,1-6H3/t24-,25+,26-,27-,28+,34-,35+,36-,37+,38-,39-/m1/s1. The summed E-state index contributed by atoms with van der Waals surface area (Å²) in [5.74, 6) is -0.0302. The fraction of sp³-hybridized carbons (Fsp3) is 0.641. The molecule has 272 valence electrons. The number of benzene rings is 2. The van der Waals surface area contributed by atoms with Crippen LogP contribution in [0.15, 0.2) is 64.6 Å². The van der Waals surface area contributed by atoms with Gasteiger partial charge >= 0.3 is 0 Å². The Bertz CT molecular complexity index is 1470. The highest BCUT2D eigenvalue weighted by Crippen LogP contribution is 2.46. The molecule has 0 radical (unpaired) electrons. The number of carbonyl (C=O) groups excluding carboxylic acids is 2. The molecule has 2 aromatic carbocycles. The first-order valence-electron chi connectivity index (χ1n) is 18.0. The summed E-state index contributed by atoms with van der Waals surface area (Å²) in [5.41, 5.74) is 9.56. The van der Waals surface area contributed by atoms with E-state index in [1.165, 1.54) is 0 Å². The van der Waals surface area contributed by atoms with Crippen LogP contribution in [0.1, 0.15) is 78.7 Å². The molecule has 5 rings (SSSR count). The summed E-state index contributed by atoms with van der Waals surface area (Å²) in [4.78, 5) is 32.0. The summed E-state index contributed by atoms with van der Waals surface area (Å²) >= 11 is 1.66. The molecule has 0 N–H and O–H groups in total. The van der Waals surface area contributed by atoms with Gasteiger partial charge in [0.05, 0.1) is 32.3 Å². The van der Waals surface area contributed by atoms with Gasteiger partial charge in [0.2, 0.25) is 0 Å². The fourth-order valence-electron chi connectivity index (χ4n) is 7.84. The van der Waals surface area contributed by atoms with Crippen molar-refractivity contribution in [2.45, 2.75) is 120 Å². The topological polar surface area (TPSA) is 129 Å². The second-order valence-electron chi connectivity index (χ2n) is 14.9. The van der Waals surface area contributed by atoms with Crippen LogP contribution in [0.2, 0.25) is 0 Å². The lowest BCUT2D eigenvalue weighted by Crippen LogP contribution is -2.62. The summed E-state index contributed by atoms with van der Waals surface area (Å²) in [6, 6.07) is 17.9. The van der Waals surface area contributed by atoms with Crippen molar-refractivity contribution in [3.63, 3.8) is 0 Å². The zero-order valence-corrected chi connectivity index (χ0v) is 31.1. The van der Waals surface area contributed by atoms with Crippen molar-refractivity contribution in [2.75, 3.05) is 13.7 Å². The first-order valence-corrected chi connectivity index (χ1v) is 18.9. The molecule has 11 atom stereocenters. The number of thioether (sulfide) groups is 1. The second kappa shape index (κ2) is 17.5. The Morgan fingerprint density at radius 2 is 1.78 bits per heavy atom. The average molecular weight is 708 g/mol. The van der Waals surface area contributed by atoms with E-state index in [2.05, 4.69) is 42.9 Å². The number of nitrogens with zero attached hydrogens (tertiary/aromatic N) is 3. The number of hydrogen-bond acceptors (Lipinski definition) is 9. The number of fused-ring (bicyclic) bond motifs is 2. The monoisotopic (exact) mass is 707 g/mol. The maximum atomic E-state index is 14.2. The SMILES string of the molecule is COc1ccc(CO[C@@H]2[C@H](CC(=O)[C@H](C)C[C@H](C)CN=[N+]=[N-])O[C@@]3(CC(=O)[C@@H]4O[C@H](Sc5ccccc5)[C@@H](C)C[C@H]4C)C[C@H](C)C[C@H]2O3)cc1. The van der Waals surface area contributed by atoms with Crippen LogP contribution in [-0.4, -0.2) is 60.9 Å². The molecule has 0 unspecified atom stereocenters. The van der Waals surface area contributed by atoms with Crippen molar-refractivity contribution >= 4 is 23.3 Å². The number of azide groups is 1. The van der Waals surface area contributed by atoms with E-state index in [9.17, 15) is 9.59 Å². The molecular formula is C39H53N3O7S. The number of methoxy groups -OCH3 is 1. The van der Waals surface area contributed by atoms with Gasteiger partial charge in [0.25, 0.3) is 0 Å². The summed E-state index contributed by atoms with van der Waals surface area (Å²) < 4.78 is 32.0. The van der Waals surface area contributed by atoms with Crippen molar-refractivity contribution in [3.8, 4) is 5.75 Å². The maximum absolute atomic E-state index is 14.2. The molecule has 3 fully saturated rings. The highest BCUT2D eigenvalue weighted by atomic mass is 32.2. The first kappa shape index (κ1) is 38.3. The lowest BCUT2D eigenvalue weighted by Gasteiger charge is -2.53. The molecule has 3 heterocycles. The van der Waals surface area contributed by atoms with Crippen LogP contribution >= 0.6 is 11.8 Å². The molecule has 2 aromatic rings. The Morgan fingerprint density at radius 3 is 2.48 bits per heavy atom. The Morgan fingerprint density at radius 1 is 1.04 bits per heavy atom. The van der Waals surface area contributed by atoms with Crippen LogP contribution < -0.4 is 4.74 Å². The highest BCUT2D eigenvalue weighted by Gasteiger charge is 2.55. The van der Waals surface area contributed by atoms with Gasteiger partial charge in [0, 0.05) is 35.1 Å². The quantitative estimate of drug-likeness (QED) is 0.0964. The van der Waals surface area contributed by atoms with E-state index in [0.717, 1.165) is 29.1 Å². The van der Waals surface area contributed by atoms with Gasteiger partial charge in [-0.2, -0.15) is 0 Å². The lowest BCUT2D eigenvalue weighted by molar-refractivity contribution is -0.375. The van der Waals surface area contributed by atoms with E-state index in [1.54, 1.807) is 18.9 Å². The molecule has 11 heteroatoms. The van der Waals surface area contributed by atoms with Gasteiger partial charge in [0.15, 0.2) is 11.6 Å². The molecule has 0 aromatic heterocycles. The van der Waals surface area contributed by atoms with Gasteiger partial charge in [-0.1, -0.05) is 81.8 Å². The summed E-state index contributed by atoms with van der Waals surface area (Å²) in [7, 11) is 1.63. The van der Waals surface area contributed by atoms with Gasteiger partial charge in [-0.05, 0) is 78.3 Å². The number of hydrogen-bond donors (Lipinski definition) is 0. The number of rotatable bonds is 16. The normalized spacial score (nSPS) is 32.0. The minimum Gasteiger partial charge on any atom is -0.497 e. The van der Waals surface area contributed by atoms with E-state index in [4.69, 9.17) is 29.2 Å². The first-order chi connectivity index (χ1) is 24.0. The van der Waals surface area contributed by atoms with Crippen LogP contribution in [0.3, 0.4) is 0 Å². The number of Topliss-reactive ketones (excluding diaryl/α,β-unsaturated/α-hetero) is 2. The molecule has 0 aliphatic carbocycles. The highest BCUT2D eigenvalue weighted by molar-refractivity contribution is 7.99. The summed E-state index contributed by atoms with van der Waals surface area (Å²) in [5, 5.41) is 3.69. The number of carbonyl (C=O) groups is 2. The van der Waals surface area contributed by atoms with Crippen LogP contribution in [0.5, 0.6) is 5.75 Å². The van der Waals surface area contributed by atoms with Gasteiger partial charge in [-0.25, -0.2) is 0 Å². The van der Waals surface area contributed by atoms with Crippen molar-refractivity contribution in [1.29, 1.82) is 0 Å². The van der Waals surface area contributed by atoms with Crippen molar-refractivity contribution in [1.82, 2.24) is 0 Å². The lowest BCUT2D eigenvalue weighted by atomic mass is 9.80. The predicted octanol–water partition coefficient (Wildman–Crippen LogP) is 8.56. The van der Waals surface area contributed by atoms with Crippen LogP contribution in [-0.2, 0) is 35.1 Å². The van der Waals surface area contributed by atoms with Crippen molar-refractivity contribution in [2.24, 2.45) is 34.7 Å². The minimum atomic E-state index is -1.17. The van der Waals surface area contributed by atoms with E-state index in [1.807, 2.05) is 56.3 Å². The third kappa shape index (κ3) is 9.90. The Labute approximate surface area is 300 Å². The molecule has 3 aliphatic rings.